The second-order valence-electron chi connectivity index (χ2n) is 7.25. The summed E-state index contributed by atoms with van der Waals surface area (Å²) in [5, 5.41) is 7.92. The first-order chi connectivity index (χ1) is 17.3. The number of amides is 2. The van der Waals surface area contributed by atoms with Crippen LogP contribution in [0.3, 0.4) is 0 Å². The van der Waals surface area contributed by atoms with Gasteiger partial charge in [-0.25, -0.2) is 5.43 Å². The molecule has 0 spiro atoms. The van der Waals surface area contributed by atoms with Crippen LogP contribution in [0.15, 0.2) is 59.7 Å². The van der Waals surface area contributed by atoms with Crippen molar-refractivity contribution in [2.45, 2.75) is 6.61 Å². The highest BCUT2D eigenvalue weighted by molar-refractivity contribution is 6.35. The molecule has 0 aliphatic rings. The van der Waals surface area contributed by atoms with Crippen LogP contribution in [0, 0.1) is 0 Å². The second kappa shape index (κ2) is 13.0. The minimum absolute atomic E-state index is 0.188. The molecule has 3 aromatic rings. The SMILES string of the molecule is COc1ccc(C(=O)NCC(=O)N/N=C/c2cc(Cl)ccc2OCc2ccc(Cl)cc2Cl)cc1OC. The molecule has 0 heterocycles. The molecular weight excluding hydrogens is 529 g/mol. The van der Waals surface area contributed by atoms with Gasteiger partial charge in [-0.3, -0.25) is 9.59 Å². The Hall–Kier alpha value is -3.46. The topological polar surface area (TPSA) is 98.2 Å². The van der Waals surface area contributed by atoms with Gasteiger partial charge >= 0.3 is 0 Å². The van der Waals surface area contributed by atoms with Crippen LogP contribution in [0.5, 0.6) is 17.2 Å². The average Bonchev–Trinajstić information content (AvgIpc) is 2.87. The zero-order valence-electron chi connectivity index (χ0n) is 19.3. The number of hydrogen-bond acceptors (Lipinski definition) is 6. The Morgan fingerprint density at radius 3 is 2.31 bits per heavy atom. The third-order valence-electron chi connectivity index (χ3n) is 4.82. The van der Waals surface area contributed by atoms with Crippen molar-refractivity contribution in [3.8, 4) is 17.2 Å². The lowest BCUT2D eigenvalue weighted by atomic mass is 10.2. The van der Waals surface area contributed by atoms with Crippen LogP contribution in [-0.4, -0.2) is 38.8 Å². The zero-order valence-corrected chi connectivity index (χ0v) is 21.6. The van der Waals surface area contributed by atoms with Gasteiger partial charge in [0.25, 0.3) is 11.8 Å². The second-order valence-corrected chi connectivity index (χ2v) is 8.53. The number of hydrogen-bond donors (Lipinski definition) is 2. The highest BCUT2D eigenvalue weighted by Crippen LogP contribution is 2.28. The maximum Gasteiger partial charge on any atom is 0.259 e. The lowest BCUT2D eigenvalue weighted by molar-refractivity contribution is -0.120. The molecule has 8 nitrogen and oxygen atoms in total. The number of nitrogens with zero attached hydrogens (tertiary/aromatic N) is 1. The quantitative estimate of drug-likeness (QED) is 0.270. The monoisotopic (exact) mass is 549 g/mol. The van der Waals surface area contributed by atoms with Crippen LogP contribution in [0.4, 0.5) is 0 Å². The summed E-state index contributed by atoms with van der Waals surface area (Å²) in [6.07, 6.45) is 1.39. The Balaban J connectivity index is 1.57. The van der Waals surface area contributed by atoms with E-state index in [1.54, 1.807) is 48.5 Å². The standard InChI is InChI=1S/C25H22Cl3N3O5/c1-34-22-7-4-15(10-23(22)35-2)25(33)29-13-24(32)31-30-12-17-9-18(26)6-8-21(17)36-14-16-3-5-19(27)11-20(16)28/h3-12H,13-14H2,1-2H3,(H,29,33)(H,31,32)/b30-12+. The summed E-state index contributed by atoms with van der Waals surface area (Å²) in [7, 11) is 2.96. The Kier molecular flexibility index (Phi) is 9.81. The van der Waals surface area contributed by atoms with E-state index >= 15 is 0 Å². The summed E-state index contributed by atoms with van der Waals surface area (Å²) in [5.41, 5.74) is 3.94. The molecule has 0 bridgehead atoms. The van der Waals surface area contributed by atoms with E-state index in [0.29, 0.717) is 43.4 Å². The molecule has 3 rings (SSSR count). The first-order valence-electron chi connectivity index (χ1n) is 10.5. The predicted octanol–water partition coefficient (Wildman–Crippen LogP) is 5.12. The first kappa shape index (κ1) is 27.1. The van der Waals surface area contributed by atoms with Gasteiger partial charge in [0.05, 0.1) is 27.0 Å². The molecule has 0 aliphatic carbocycles. The van der Waals surface area contributed by atoms with Crippen molar-refractivity contribution in [3.05, 3.63) is 86.4 Å². The summed E-state index contributed by atoms with van der Waals surface area (Å²) in [6, 6.07) is 14.8. The Morgan fingerprint density at radius 2 is 1.58 bits per heavy atom. The molecular formula is C25H22Cl3N3O5. The summed E-state index contributed by atoms with van der Waals surface area (Å²) in [6.45, 7) is -0.106. The zero-order chi connectivity index (χ0) is 26.1. The molecule has 188 valence electrons. The van der Waals surface area contributed by atoms with Gasteiger partial charge in [0.15, 0.2) is 11.5 Å². The van der Waals surface area contributed by atoms with Crippen molar-refractivity contribution in [2.75, 3.05) is 20.8 Å². The van der Waals surface area contributed by atoms with Crippen LogP contribution in [0.2, 0.25) is 15.1 Å². The average molecular weight is 551 g/mol. The third kappa shape index (κ3) is 7.52. The molecule has 2 amide bonds. The first-order valence-corrected chi connectivity index (χ1v) is 11.6. The van der Waals surface area contributed by atoms with Crippen molar-refractivity contribution >= 4 is 52.8 Å². The molecule has 11 heteroatoms. The van der Waals surface area contributed by atoms with Gasteiger partial charge in [-0.1, -0.05) is 40.9 Å². The van der Waals surface area contributed by atoms with Crippen LogP contribution in [0.1, 0.15) is 21.5 Å². The van der Waals surface area contributed by atoms with E-state index in [-0.39, 0.29) is 13.2 Å². The Bertz CT molecular complexity index is 1280. The normalized spacial score (nSPS) is 10.7. The van der Waals surface area contributed by atoms with Crippen molar-refractivity contribution < 1.29 is 23.8 Å². The highest BCUT2D eigenvalue weighted by atomic mass is 35.5. The summed E-state index contributed by atoms with van der Waals surface area (Å²) < 4.78 is 16.2. The van der Waals surface area contributed by atoms with Gasteiger partial charge in [0.2, 0.25) is 0 Å². The molecule has 2 N–H and O–H groups in total. The number of ether oxygens (including phenoxy) is 3. The van der Waals surface area contributed by atoms with Gasteiger partial charge in [0.1, 0.15) is 12.4 Å². The highest BCUT2D eigenvalue weighted by Gasteiger charge is 2.12. The Morgan fingerprint density at radius 1 is 0.889 bits per heavy atom. The fourth-order valence-electron chi connectivity index (χ4n) is 3.00. The molecule has 0 unspecified atom stereocenters. The molecule has 0 saturated carbocycles. The maximum atomic E-state index is 12.4. The van der Waals surface area contributed by atoms with E-state index in [1.807, 2.05) is 0 Å². The van der Waals surface area contributed by atoms with Gasteiger partial charge in [-0.15, -0.1) is 0 Å². The van der Waals surface area contributed by atoms with Crippen molar-refractivity contribution in [2.24, 2.45) is 5.10 Å². The van der Waals surface area contributed by atoms with E-state index in [0.717, 1.165) is 5.56 Å². The molecule has 0 saturated heterocycles. The van der Waals surface area contributed by atoms with Gasteiger partial charge < -0.3 is 19.5 Å². The fourth-order valence-corrected chi connectivity index (χ4v) is 3.64. The van der Waals surface area contributed by atoms with Crippen LogP contribution in [0.25, 0.3) is 0 Å². The summed E-state index contributed by atoms with van der Waals surface area (Å²) >= 11 is 18.2. The fraction of sp³-hybridized carbons (Fsp3) is 0.160. The van der Waals surface area contributed by atoms with Crippen LogP contribution in [-0.2, 0) is 11.4 Å². The van der Waals surface area contributed by atoms with Crippen molar-refractivity contribution in [1.82, 2.24) is 10.7 Å². The number of rotatable bonds is 10. The van der Waals surface area contributed by atoms with Crippen molar-refractivity contribution in [3.63, 3.8) is 0 Å². The molecule has 0 fully saturated rings. The Labute approximate surface area is 223 Å². The van der Waals surface area contributed by atoms with Crippen LogP contribution >= 0.6 is 34.8 Å². The number of benzene rings is 3. The van der Waals surface area contributed by atoms with E-state index in [4.69, 9.17) is 49.0 Å². The summed E-state index contributed by atoms with van der Waals surface area (Å²) in [4.78, 5) is 24.5. The number of halogens is 3. The smallest absolute Gasteiger partial charge is 0.259 e. The van der Waals surface area contributed by atoms with Gasteiger partial charge in [-0.05, 0) is 48.5 Å². The lowest BCUT2D eigenvalue weighted by Gasteiger charge is -2.11. The maximum absolute atomic E-state index is 12.4. The number of methoxy groups -OCH3 is 2. The van der Waals surface area contributed by atoms with Crippen molar-refractivity contribution in [1.29, 1.82) is 0 Å². The van der Waals surface area contributed by atoms with E-state index < -0.39 is 11.8 Å². The van der Waals surface area contributed by atoms with E-state index in [1.165, 1.54) is 26.5 Å². The number of carbonyl (C=O) groups is 2. The molecule has 0 atom stereocenters. The predicted molar refractivity (Wildman–Crippen MR) is 140 cm³/mol. The third-order valence-corrected chi connectivity index (χ3v) is 5.64. The van der Waals surface area contributed by atoms with Gasteiger partial charge in [-0.2, -0.15) is 5.10 Å². The number of hydrazone groups is 1. The summed E-state index contributed by atoms with van der Waals surface area (Å²) in [5.74, 6) is 0.378. The van der Waals surface area contributed by atoms with Gasteiger partial charge in [0, 0.05) is 31.8 Å². The molecule has 0 radical (unpaired) electrons. The minimum atomic E-state index is -0.530. The molecule has 0 aromatic heterocycles. The van der Waals surface area contributed by atoms with Crippen LogP contribution < -0.4 is 25.0 Å². The number of nitrogens with one attached hydrogen (secondary N) is 2. The van der Waals surface area contributed by atoms with E-state index in [2.05, 4.69) is 15.8 Å². The lowest BCUT2D eigenvalue weighted by Crippen LogP contribution is -2.34. The number of carbonyl (C=O) groups excluding carboxylic acids is 2. The van der Waals surface area contributed by atoms with E-state index in [9.17, 15) is 9.59 Å². The largest absolute Gasteiger partial charge is 0.493 e. The molecule has 3 aromatic carbocycles. The minimum Gasteiger partial charge on any atom is -0.493 e. The molecule has 0 aliphatic heterocycles. The molecule has 36 heavy (non-hydrogen) atoms.